The van der Waals surface area contributed by atoms with Crippen molar-refractivity contribution in [1.82, 2.24) is 9.97 Å². The Morgan fingerprint density at radius 1 is 0.737 bits per heavy atom. The van der Waals surface area contributed by atoms with Gasteiger partial charge in [0.05, 0.1) is 0 Å². The van der Waals surface area contributed by atoms with E-state index in [9.17, 15) is 0 Å². The number of imidazole rings is 1. The molecule has 19 heavy (non-hydrogen) atoms. The molecule has 0 aliphatic heterocycles. The van der Waals surface area contributed by atoms with Crippen molar-refractivity contribution in [3.8, 4) is 0 Å². The Kier molecular flexibility index (Phi) is 3.91. The summed E-state index contributed by atoms with van der Waals surface area (Å²) in [7, 11) is 0. The number of aromatic nitrogens is 2. The normalized spacial score (nSPS) is 10.5. The summed E-state index contributed by atoms with van der Waals surface area (Å²) in [6.07, 6.45) is 1.95. The van der Waals surface area contributed by atoms with Crippen molar-refractivity contribution < 1.29 is 0 Å². The Bertz CT molecular complexity index is 580. The van der Waals surface area contributed by atoms with E-state index in [1.807, 2.05) is 42.6 Å². The molecule has 94 valence electrons. The number of hydrogen-bond donors (Lipinski definition) is 1. The molecule has 0 amide bonds. The highest BCUT2D eigenvalue weighted by atomic mass is 32.2. The van der Waals surface area contributed by atoms with Gasteiger partial charge >= 0.3 is 0 Å². The number of nitrogens with one attached hydrogen (secondary N) is 1. The maximum absolute atomic E-state index is 4.57. The molecule has 4 heteroatoms. The zero-order valence-electron chi connectivity index (χ0n) is 10.1. The van der Waals surface area contributed by atoms with Gasteiger partial charge in [0.2, 0.25) is 0 Å². The van der Waals surface area contributed by atoms with Crippen molar-refractivity contribution in [3.63, 3.8) is 0 Å². The lowest BCUT2D eigenvalue weighted by Crippen LogP contribution is -1.76. The Morgan fingerprint density at radius 3 is 1.95 bits per heavy atom. The molecule has 0 fully saturated rings. The van der Waals surface area contributed by atoms with Crippen LogP contribution >= 0.6 is 23.5 Å². The van der Waals surface area contributed by atoms with E-state index in [1.165, 1.54) is 9.79 Å². The Hall–Kier alpha value is -1.65. The minimum atomic E-state index is 0.921. The highest BCUT2D eigenvalue weighted by molar-refractivity contribution is 8.00. The first-order valence-electron chi connectivity index (χ1n) is 5.91. The highest BCUT2D eigenvalue weighted by Gasteiger charge is 2.04. The van der Waals surface area contributed by atoms with Crippen LogP contribution in [-0.2, 0) is 0 Å². The average Bonchev–Trinajstić information content (AvgIpc) is 2.88. The number of hydrogen-bond acceptors (Lipinski definition) is 3. The van der Waals surface area contributed by atoms with E-state index >= 15 is 0 Å². The Balaban J connectivity index is 1.70. The second-order valence-electron chi connectivity index (χ2n) is 3.87. The fraction of sp³-hybridized carbons (Fsp3) is 0. The molecule has 1 N–H and O–H groups in total. The molecule has 0 aliphatic carbocycles. The van der Waals surface area contributed by atoms with Crippen molar-refractivity contribution in [2.45, 2.75) is 20.0 Å². The van der Waals surface area contributed by atoms with Gasteiger partial charge in [0.1, 0.15) is 5.03 Å². The van der Waals surface area contributed by atoms with E-state index in [1.54, 1.807) is 23.5 Å². The van der Waals surface area contributed by atoms with Gasteiger partial charge in [-0.3, -0.25) is 0 Å². The predicted octanol–water partition coefficient (Wildman–Crippen LogP) is 4.71. The zero-order chi connectivity index (χ0) is 12.9. The van der Waals surface area contributed by atoms with Crippen LogP contribution in [0.25, 0.3) is 0 Å². The lowest BCUT2D eigenvalue weighted by atomic mass is 10.4. The predicted molar refractivity (Wildman–Crippen MR) is 79.7 cm³/mol. The molecule has 2 nitrogen and oxygen atoms in total. The summed E-state index contributed by atoms with van der Waals surface area (Å²) < 4.78 is 0. The maximum Gasteiger partial charge on any atom is 0.171 e. The molecular formula is C15H12N2S2. The van der Waals surface area contributed by atoms with Crippen LogP contribution in [0.1, 0.15) is 0 Å². The van der Waals surface area contributed by atoms with Crippen molar-refractivity contribution in [2.75, 3.05) is 0 Å². The minimum absolute atomic E-state index is 0.921. The summed E-state index contributed by atoms with van der Waals surface area (Å²) in [6.45, 7) is 0. The van der Waals surface area contributed by atoms with Crippen LogP contribution in [0.4, 0.5) is 0 Å². The van der Waals surface area contributed by atoms with E-state index in [4.69, 9.17) is 0 Å². The number of aromatic amines is 1. The first-order valence-corrected chi connectivity index (χ1v) is 7.55. The molecule has 0 aliphatic rings. The Morgan fingerprint density at radius 2 is 1.32 bits per heavy atom. The van der Waals surface area contributed by atoms with Gasteiger partial charge in [-0.25, -0.2) is 4.98 Å². The molecule has 0 bridgehead atoms. The van der Waals surface area contributed by atoms with Crippen LogP contribution in [0.2, 0.25) is 0 Å². The fourth-order valence-corrected chi connectivity index (χ4v) is 3.23. The van der Waals surface area contributed by atoms with Gasteiger partial charge in [0.25, 0.3) is 0 Å². The number of rotatable bonds is 4. The van der Waals surface area contributed by atoms with E-state index in [0.29, 0.717) is 0 Å². The molecule has 1 heterocycles. The molecule has 0 atom stereocenters. The van der Waals surface area contributed by atoms with Crippen molar-refractivity contribution in [1.29, 1.82) is 0 Å². The summed E-state index contributed by atoms with van der Waals surface area (Å²) in [5.74, 6) is 0. The van der Waals surface area contributed by atoms with E-state index in [-0.39, 0.29) is 0 Å². The summed E-state index contributed by atoms with van der Waals surface area (Å²) in [5.41, 5.74) is 0. The molecule has 0 radical (unpaired) electrons. The maximum atomic E-state index is 4.57. The molecule has 1 aromatic heterocycles. The summed E-state index contributed by atoms with van der Waals surface area (Å²) in [5, 5.41) is 1.91. The van der Waals surface area contributed by atoms with Gasteiger partial charge < -0.3 is 4.98 Å². The van der Waals surface area contributed by atoms with E-state index in [0.717, 1.165) is 10.2 Å². The fourth-order valence-electron chi connectivity index (χ4n) is 1.60. The van der Waals surface area contributed by atoms with Gasteiger partial charge in [-0.15, -0.1) is 0 Å². The van der Waals surface area contributed by atoms with Crippen LogP contribution in [0.3, 0.4) is 0 Å². The highest BCUT2D eigenvalue weighted by Crippen LogP contribution is 2.30. The summed E-state index contributed by atoms with van der Waals surface area (Å²) in [4.78, 5) is 10.2. The molecule has 3 rings (SSSR count). The molecular weight excluding hydrogens is 272 g/mol. The topological polar surface area (TPSA) is 28.7 Å². The van der Waals surface area contributed by atoms with E-state index < -0.39 is 0 Å². The summed E-state index contributed by atoms with van der Waals surface area (Å²) >= 11 is 3.30. The van der Waals surface area contributed by atoms with Crippen LogP contribution < -0.4 is 0 Å². The van der Waals surface area contributed by atoms with Crippen molar-refractivity contribution in [3.05, 3.63) is 66.9 Å². The molecule has 2 aromatic carbocycles. The van der Waals surface area contributed by atoms with E-state index in [2.05, 4.69) is 34.2 Å². The van der Waals surface area contributed by atoms with Gasteiger partial charge in [0.15, 0.2) is 5.16 Å². The lowest BCUT2D eigenvalue weighted by Gasteiger charge is -1.97. The second kappa shape index (κ2) is 5.99. The molecule has 0 saturated heterocycles. The molecule has 0 saturated carbocycles. The van der Waals surface area contributed by atoms with Gasteiger partial charge in [0, 0.05) is 16.0 Å². The van der Waals surface area contributed by atoms with Gasteiger partial charge in [-0.1, -0.05) is 59.9 Å². The van der Waals surface area contributed by atoms with Crippen LogP contribution in [0.15, 0.2) is 86.8 Å². The monoisotopic (exact) mass is 284 g/mol. The SMILES string of the molecule is c1ccc(Sc2c[nH]c(Sc3ccccc3)n2)cc1. The Labute approximate surface area is 120 Å². The zero-order valence-corrected chi connectivity index (χ0v) is 11.7. The molecule has 3 aromatic rings. The lowest BCUT2D eigenvalue weighted by molar-refractivity contribution is 1.02. The van der Waals surface area contributed by atoms with Crippen molar-refractivity contribution >= 4 is 23.5 Å². The third-order valence-corrected chi connectivity index (χ3v) is 4.29. The third-order valence-electron chi connectivity index (χ3n) is 2.45. The standard InChI is InChI=1S/C15H12N2S2/c1-3-7-12(8-4-1)18-14-11-16-15(17-14)19-13-9-5-2-6-10-13/h1-11H,(H,16,17). The van der Waals surface area contributed by atoms with Crippen LogP contribution in [0, 0.1) is 0 Å². The molecule has 0 unspecified atom stereocenters. The number of nitrogens with zero attached hydrogens (tertiary/aromatic N) is 1. The smallest absolute Gasteiger partial charge is 0.171 e. The van der Waals surface area contributed by atoms with Gasteiger partial charge in [-0.2, -0.15) is 0 Å². The van der Waals surface area contributed by atoms with Gasteiger partial charge in [-0.05, 0) is 24.3 Å². The first-order chi connectivity index (χ1) is 9.40. The minimum Gasteiger partial charge on any atom is -0.338 e. The van der Waals surface area contributed by atoms with Crippen LogP contribution in [0.5, 0.6) is 0 Å². The number of benzene rings is 2. The summed E-state index contributed by atoms with van der Waals surface area (Å²) in [6, 6.07) is 20.5. The third kappa shape index (κ3) is 3.43. The van der Waals surface area contributed by atoms with Crippen LogP contribution in [-0.4, -0.2) is 9.97 Å². The molecule has 0 spiro atoms. The quantitative estimate of drug-likeness (QED) is 0.752. The largest absolute Gasteiger partial charge is 0.338 e. The first kappa shape index (κ1) is 12.4. The number of H-pyrrole nitrogens is 1. The van der Waals surface area contributed by atoms with Crippen molar-refractivity contribution in [2.24, 2.45) is 0 Å². The second-order valence-corrected chi connectivity index (χ2v) is 6.03. The average molecular weight is 284 g/mol.